The van der Waals surface area contributed by atoms with Crippen LogP contribution in [0.15, 0.2) is 47.6 Å². The fourth-order valence-corrected chi connectivity index (χ4v) is 2.28. The Morgan fingerprint density at radius 2 is 1.54 bits per heavy atom. The van der Waals surface area contributed by atoms with Gasteiger partial charge in [-0.05, 0) is 36.4 Å². The van der Waals surface area contributed by atoms with Crippen LogP contribution in [0.25, 0.3) is 0 Å². The quantitative estimate of drug-likeness (QED) is 0.511. The average molecular weight is 385 g/mol. The highest BCUT2D eigenvalue weighted by Crippen LogP contribution is 2.23. The first-order chi connectivity index (χ1) is 13.5. The first-order valence-electron chi connectivity index (χ1n) is 8.53. The summed E-state index contributed by atoms with van der Waals surface area (Å²) in [5.74, 6) is 1.29. The number of anilines is 1. The monoisotopic (exact) mass is 385 g/mol. The Balaban J connectivity index is 1.79. The molecule has 0 fully saturated rings. The zero-order valence-electron chi connectivity index (χ0n) is 16.0. The molecule has 0 saturated heterocycles. The number of nitrogens with zero attached hydrogens (tertiary/aromatic N) is 1. The van der Waals surface area contributed by atoms with Crippen LogP contribution in [-0.4, -0.2) is 39.4 Å². The second-order valence-corrected chi connectivity index (χ2v) is 5.68. The lowest BCUT2D eigenvalue weighted by molar-refractivity contribution is -0.124. The lowest BCUT2D eigenvalue weighted by atomic mass is 10.2. The molecule has 0 atom stereocenters. The van der Waals surface area contributed by atoms with Gasteiger partial charge in [0.2, 0.25) is 11.8 Å². The van der Waals surface area contributed by atoms with E-state index in [1.807, 2.05) is 0 Å². The lowest BCUT2D eigenvalue weighted by Crippen LogP contribution is -2.20. The van der Waals surface area contributed by atoms with Crippen molar-refractivity contribution in [3.63, 3.8) is 0 Å². The predicted octanol–water partition coefficient (Wildman–Crippen LogP) is 2.58. The summed E-state index contributed by atoms with van der Waals surface area (Å²) in [4.78, 5) is 23.8. The summed E-state index contributed by atoms with van der Waals surface area (Å²) in [5, 5.41) is 6.61. The van der Waals surface area contributed by atoms with Crippen LogP contribution in [0.2, 0.25) is 0 Å². The maximum absolute atomic E-state index is 11.9. The topological polar surface area (TPSA) is 98.2 Å². The Hall–Kier alpha value is -3.55. The van der Waals surface area contributed by atoms with Crippen molar-refractivity contribution in [2.75, 3.05) is 26.6 Å². The lowest BCUT2D eigenvalue weighted by Gasteiger charge is -2.07. The van der Waals surface area contributed by atoms with Crippen LogP contribution >= 0.6 is 0 Å². The first kappa shape index (κ1) is 20.8. The zero-order chi connectivity index (χ0) is 20.4. The molecular weight excluding hydrogens is 362 g/mol. The van der Waals surface area contributed by atoms with E-state index in [1.54, 1.807) is 56.7 Å². The Morgan fingerprint density at radius 3 is 2.18 bits per heavy atom. The third kappa shape index (κ3) is 6.31. The fourth-order valence-electron chi connectivity index (χ4n) is 2.28. The number of benzene rings is 2. The molecule has 0 unspecified atom stereocenters. The molecule has 148 valence electrons. The molecule has 0 radical (unpaired) electrons. The van der Waals surface area contributed by atoms with Crippen LogP contribution in [-0.2, 0) is 9.59 Å². The van der Waals surface area contributed by atoms with Gasteiger partial charge in [0.15, 0.2) is 0 Å². The first-order valence-corrected chi connectivity index (χ1v) is 8.53. The summed E-state index contributed by atoms with van der Waals surface area (Å²) in [5.41, 5.74) is 3.71. The van der Waals surface area contributed by atoms with Crippen molar-refractivity contribution >= 4 is 23.7 Å². The summed E-state index contributed by atoms with van der Waals surface area (Å²) >= 11 is 0. The number of rotatable bonds is 9. The van der Waals surface area contributed by atoms with Gasteiger partial charge in [-0.1, -0.05) is 0 Å². The van der Waals surface area contributed by atoms with Gasteiger partial charge in [-0.2, -0.15) is 5.10 Å². The minimum absolute atomic E-state index is 0.0130. The summed E-state index contributed by atoms with van der Waals surface area (Å²) in [6.07, 6.45) is 1.52. The van der Waals surface area contributed by atoms with E-state index in [0.717, 1.165) is 0 Å². The van der Waals surface area contributed by atoms with Crippen molar-refractivity contribution in [2.24, 2.45) is 5.10 Å². The Bertz CT molecular complexity index is 834. The molecule has 0 aliphatic heterocycles. The van der Waals surface area contributed by atoms with Gasteiger partial charge in [-0.15, -0.1) is 0 Å². The molecule has 0 bridgehead atoms. The fraction of sp³-hybridized carbons (Fsp3) is 0.250. The SMILES string of the molecule is COc1ccc(NC(=O)CCC(=O)NN=Cc2ccc(OC)cc2OC)cc1. The van der Waals surface area contributed by atoms with Crippen LogP contribution in [0.5, 0.6) is 17.2 Å². The number of carbonyl (C=O) groups is 2. The number of methoxy groups -OCH3 is 3. The molecule has 0 saturated carbocycles. The van der Waals surface area contributed by atoms with E-state index >= 15 is 0 Å². The highest BCUT2D eigenvalue weighted by atomic mass is 16.5. The van der Waals surface area contributed by atoms with Crippen LogP contribution in [0.3, 0.4) is 0 Å². The number of nitrogens with one attached hydrogen (secondary N) is 2. The second-order valence-electron chi connectivity index (χ2n) is 5.68. The van der Waals surface area contributed by atoms with E-state index in [1.165, 1.54) is 13.3 Å². The van der Waals surface area contributed by atoms with E-state index < -0.39 is 0 Å². The second kappa shape index (κ2) is 10.6. The minimum Gasteiger partial charge on any atom is -0.497 e. The third-order valence-electron chi connectivity index (χ3n) is 3.79. The number of hydrogen-bond acceptors (Lipinski definition) is 6. The number of amides is 2. The molecule has 2 aromatic rings. The van der Waals surface area contributed by atoms with Crippen LogP contribution in [0.4, 0.5) is 5.69 Å². The van der Waals surface area contributed by atoms with E-state index in [2.05, 4.69) is 15.8 Å². The van der Waals surface area contributed by atoms with Crippen LogP contribution < -0.4 is 25.0 Å². The third-order valence-corrected chi connectivity index (χ3v) is 3.79. The Kier molecular flexibility index (Phi) is 7.83. The summed E-state index contributed by atoms with van der Waals surface area (Å²) < 4.78 is 15.4. The van der Waals surface area contributed by atoms with Gasteiger partial charge in [0.05, 0.1) is 27.5 Å². The number of hydrogen-bond donors (Lipinski definition) is 2. The van der Waals surface area contributed by atoms with Gasteiger partial charge < -0.3 is 19.5 Å². The van der Waals surface area contributed by atoms with Gasteiger partial charge in [0, 0.05) is 30.2 Å². The number of carbonyl (C=O) groups excluding carboxylic acids is 2. The van der Waals surface area contributed by atoms with Gasteiger partial charge in [0.1, 0.15) is 17.2 Å². The molecule has 0 spiro atoms. The van der Waals surface area contributed by atoms with Crippen molar-refractivity contribution < 1.29 is 23.8 Å². The highest BCUT2D eigenvalue weighted by Gasteiger charge is 2.07. The van der Waals surface area contributed by atoms with Crippen molar-refractivity contribution in [2.45, 2.75) is 12.8 Å². The molecule has 2 rings (SSSR count). The van der Waals surface area contributed by atoms with Gasteiger partial charge in [0.25, 0.3) is 0 Å². The Labute approximate surface area is 163 Å². The van der Waals surface area contributed by atoms with E-state index in [9.17, 15) is 9.59 Å². The molecule has 0 aromatic heterocycles. The standard InChI is InChI=1S/C20H23N3O5/c1-26-16-8-5-15(6-9-16)22-19(24)10-11-20(25)23-21-13-14-4-7-17(27-2)12-18(14)28-3/h4-9,12-13H,10-11H2,1-3H3,(H,22,24)(H,23,25). The van der Waals surface area contributed by atoms with Gasteiger partial charge in [-0.25, -0.2) is 5.43 Å². The predicted molar refractivity (Wildman–Crippen MR) is 106 cm³/mol. The van der Waals surface area contributed by atoms with E-state index in [4.69, 9.17) is 14.2 Å². The maximum Gasteiger partial charge on any atom is 0.240 e. The molecule has 0 aliphatic carbocycles. The van der Waals surface area contributed by atoms with Crippen LogP contribution in [0.1, 0.15) is 18.4 Å². The highest BCUT2D eigenvalue weighted by molar-refractivity contribution is 5.93. The molecule has 0 aliphatic rings. The van der Waals surface area contributed by atoms with Crippen molar-refractivity contribution in [3.8, 4) is 17.2 Å². The summed E-state index contributed by atoms with van der Waals surface area (Å²) in [6, 6.07) is 12.2. The van der Waals surface area contributed by atoms with Crippen molar-refractivity contribution in [3.05, 3.63) is 48.0 Å². The van der Waals surface area contributed by atoms with Crippen LogP contribution in [0, 0.1) is 0 Å². The summed E-state index contributed by atoms with van der Waals surface area (Å²) in [6.45, 7) is 0. The van der Waals surface area contributed by atoms with Crippen molar-refractivity contribution in [1.82, 2.24) is 5.43 Å². The molecule has 2 amide bonds. The summed E-state index contributed by atoms with van der Waals surface area (Å²) in [7, 11) is 4.67. The minimum atomic E-state index is -0.367. The van der Waals surface area contributed by atoms with Gasteiger partial charge >= 0.3 is 0 Å². The number of hydrazone groups is 1. The van der Waals surface area contributed by atoms with Crippen molar-refractivity contribution in [1.29, 1.82) is 0 Å². The molecule has 8 nitrogen and oxygen atoms in total. The Morgan fingerprint density at radius 1 is 0.893 bits per heavy atom. The molecule has 2 N–H and O–H groups in total. The molecular formula is C20H23N3O5. The average Bonchev–Trinajstić information content (AvgIpc) is 2.73. The van der Waals surface area contributed by atoms with E-state index in [-0.39, 0.29) is 24.7 Å². The van der Waals surface area contributed by atoms with Gasteiger partial charge in [-0.3, -0.25) is 9.59 Å². The molecule has 0 heterocycles. The molecule has 28 heavy (non-hydrogen) atoms. The largest absolute Gasteiger partial charge is 0.497 e. The maximum atomic E-state index is 11.9. The normalized spacial score (nSPS) is 10.4. The number of ether oxygens (including phenoxy) is 3. The smallest absolute Gasteiger partial charge is 0.240 e. The van der Waals surface area contributed by atoms with E-state index in [0.29, 0.717) is 28.5 Å². The zero-order valence-corrected chi connectivity index (χ0v) is 16.0. The molecule has 2 aromatic carbocycles. The molecule has 8 heteroatoms.